The molecule has 0 amide bonds. The first kappa shape index (κ1) is 15.8. The van der Waals surface area contributed by atoms with Crippen molar-refractivity contribution in [1.29, 1.82) is 0 Å². The maximum atomic E-state index is 12.5. The molecule has 0 spiro atoms. The van der Waals surface area contributed by atoms with Crippen molar-refractivity contribution < 1.29 is 14.3 Å². The van der Waals surface area contributed by atoms with Gasteiger partial charge >= 0.3 is 5.97 Å². The van der Waals surface area contributed by atoms with E-state index in [1.807, 2.05) is 36.4 Å². The van der Waals surface area contributed by atoms with Crippen LogP contribution in [0.25, 0.3) is 22.0 Å². The van der Waals surface area contributed by atoms with Crippen LogP contribution in [0.4, 0.5) is 0 Å². The minimum absolute atomic E-state index is 0.0146. The summed E-state index contributed by atoms with van der Waals surface area (Å²) in [5.41, 5.74) is 1.48. The van der Waals surface area contributed by atoms with E-state index in [1.165, 1.54) is 0 Å². The summed E-state index contributed by atoms with van der Waals surface area (Å²) in [6, 6.07) is 14.7. The van der Waals surface area contributed by atoms with Crippen molar-refractivity contribution in [3.8, 4) is 16.9 Å². The van der Waals surface area contributed by atoms with Gasteiger partial charge < -0.3 is 14.5 Å². The maximum absolute atomic E-state index is 12.5. The highest BCUT2D eigenvalue weighted by atomic mass is 16.5. The fourth-order valence-electron chi connectivity index (χ4n) is 2.71. The van der Waals surface area contributed by atoms with Gasteiger partial charge in [-0.25, -0.2) is 4.79 Å². The van der Waals surface area contributed by atoms with E-state index in [-0.39, 0.29) is 12.2 Å². The summed E-state index contributed by atoms with van der Waals surface area (Å²) < 4.78 is 10.3. The highest BCUT2D eigenvalue weighted by molar-refractivity contribution is 6.06. The van der Waals surface area contributed by atoms with Gasteiger partial charge in [0, 0.05) is 17.0 Å². The lowest BCUT2D eigenvalue weighted by Gasteiger charge is -2.13. The molecule has 0 bridgehead atoms. The van der Waals surface area contributed by atoms with Gasteiger partial charge in [0.15, 0.2) is 0 Å². The predicted molar refractivity (Wildman–Crippen MR) is 92.5 cm³/mol. The number of esters is 1. The number of hydrogen-bond donors (Lipinski definition) is 1. The zero-order valence-electron chi connectivity index (χ0n) is 13.5. The van der Waals surface area contributed by atoms with Crippen LogP contribution in [0.5, 0.6) is 5.75 Å². The Bertz CT molecular complexity index is 945. The third-order valence-corrected chi connectivity index (χ3v) is 3.76. The van der Waals surface area contributed by atoms with Crippen molar-refractivity contribution in [2.45, 2.75) is 6.92 Å². The molecular formula is C19H17NO4. The van der Waals surface area contributed by atoms with Crippen LogP contribution < -0.4 is 10.3 Å². The van der Waals surface area contributed by atoms with Crippen molar-refractivity contribution in [3.63, 3.8) is 0 Å². The van der Waals surface area contributed by atoms with Crippen LogP contribution in [0.15, 0.2) is 53.3 Å². The van der Waals surface area contributed by atoms with E-state index >= 15 is 0 Å². The second-order valence-electron chi connectivity index (χ2n) is 5.20. The number of pyridine rings is 1. The summed E-state index contributed by atoms with van der Waals surface area (Å²) in [6.07, 6.45) is 0. The number of H-pyrrole nitrogens is 1. The van der Waals surface area contributed by atoms with E-state index in [0.717, 1.165) is 10.9 Å². The number of carbonyl (C=O) groups excluding carboxylic acids is 1. The summed E-state index contributed by atoms with van der Waals surface area (Å²) in [4.78, 5) is 27.7. The number of aromatic amines is 1. The summed E-state index contributed by atoms with van der Waals surface area (Å²) in [6.45, 7) is 1.91. The molecule has 0 radical (unpaired) electrons. The predicted octanol–water partition coefficient (Wildman–Crippen LogP) is 3.38. The van der Waals surface area contributed by atoms with Crippen molar-refractivity contribution in [1.82, 2.24) is 4.98 Å². The number of aromatic nitrogens is 1. The zero-order valence-corrected chi connectivity index (χ0v) is 13.5. The van der Waals surface area contributed by atoms with Crippen molar-refractivity contribution >= 4 is 16.9 Å². The minimum Gasteiger partial charge on any atom is -0.497 e. The molecule has 24 heavy (non-hydrogen) atoms. The molecular weight excluding hydrogens is 306 g/mol. The van der Waals surface area contributed by atoms with Crippen LogP contribution in [0.1, 0.15) is 17.3 Å². The van der Waals surface area contributed by atoms with Crippen LogP contribution in [0.2, 0.25) is 0 Å². The number of ether oxygens (including phenoxy) is 2. The molecule has 5 nitrogen and oxygen atoms in total. The second kappa shape index (κ2) is 6.58. The third kappa shape index (κ3) is 2.76. The fraction of sp³-hybridized carbons (Fsp3) is 0.158. The Kier molecular flexibility index (Phi) is 4.33. The molecule has 3 aromatic rings. The molecule has 1 heterocycles. The Morgan fingerprint density at radius 3 is 2.54 bits per heavy atom. The van der Waals surface area contributed by atoms with E-state index in [0.29, 0.717) is 16.8 Å². The molecule has 0 atom stereocenters. The van der Waals surface area contributed by atoms with Gasteiger partial charge in [0.2, 0.25) is 0 Å². The lowest BCUT2D eigenvalue weighted by molar-refractivity contribution is 0.0525. The van der Waals surface area contributed by atoms with E-state index in [1.54, 1.807) is 26.2 Å². The largest absolute Gasteiger partial charge is 0.497 e. The number of benzene rings is 2. The molecule has 1 N–H and O–H groups in total. The highest BCUT2D eigenvalue weighted by Gasteiger charge is 2.21. The number of hydrogen-bond acceptors (Lipinski definition) is 4. The molecule has 122 valence electrons. The molecule has 1 aromatic heterocycles. The van der Waals surface area contributed by atoms with Gasteiger partial charge in [0.25, 0.3) is 5.56 Å². The number of carbonyl (C=O) groups is 1. The Balaban J connectivity index is 2.39. The van der Waals surface area contributed by atoms with E-state index < -0.39 is 11.5 Å². The van der Waals surface area contributed by atoms with Crippen LogP contribution >= 0.6 is 0 Å². The average molecular weight is 323 g/mol. The van der Waals surface area contributed by atoms with Gasteiger partial charge in [-0.1, -0.05) is 30.3 Å². The van der Waals surface area contributed by atoms with E-state index in [4.69, 9.17) is 9.47 Å². The molecule has 0 aliphatic carbocycles. The second-order valence-corrected chi connectivity index (χ2v) is 5.20. The summed E-state index contributed by atoms with van der Waals surface area (Å²) >= 11 is 0. The highest BCUT2D eigenvalue weighted by Crippen LogP contribution is 2.31. The SMILES string of the molecule is CCOC(=O)c1c(-c2ccccc2)c2ccc(OC)cc2[nH]c1=O. The molecule has 3 rings (SSSR count). The third-order valence-electron chi connectivity index (χ3n) is 3.76. The minimum atomic E-state index is -0.629. The number of rotatable bonds is 4. The standard InChI is InChI=1S/C19H17NO4/c1-3-24-19(22)17-16(12-7-5-4-6-8-12)14-10-9-13(23-2)11-15(14)20-18(17)21/h4-11H,3H2,1-2H3,(H,20,21). The first-order chi connectivity index (χ1) is 11.7. The molecule has 0 saturated heterocycles. The lowest BCUT2D eigenvalue weighted by atomic mass is 9.96. The van der Waals surface area contributed by atoms with Gasteiger partial charge in [0.1, 0.15) is 11.3 Å². The van der Waals surface area contributed by atoms with Gasteiger partial charge in [-0.05, 0) is 24.6 Å². The Morgan fingerprint density at radius 2 is 1.88 bits per heavy atom. The summed E-state index contributed by atoms with van der Waals surface area (Å²) in [5, 5.41) is 0.754. The molecule has 0 aliphatic heterocycles. The van der Waals surface area contributed by atoms with Crippen LogP contribution in [0, 0.1) is 0 Å². The monoisotopic (exact) mass is 323 g/mol. The normalized spacial score (nSPS) is 10.6. The van der Waals surface area contributed by atoms with Crippen LogP contribution in [-0.4, -0.2) is 24.7 Å². The fourth-order valence-corrected chi connectivity index (χ4v) is 2.71. The first-order valence-corrected chi connectivity index (χ1v) is 7.62. The molecule has 0 unspecified atom stereocenters. The van der Waals surface area contributed by atoms with Crippen LogP contribution in [-0.2, 0) is 4.74 Å². The molecule has 2 aromatic carbocycles. The van der Waals surface area contributed by atoms with Crippen molar-refractivity contribution in [2.24, 2.45) is 0 Å². The molecule has 0 fully saturated rings. The Hall–Kier alpha value is -3.08. The average Bonchev–Trinajstić information content (AvgIpc) is 2.60. The molecule has 0 aliphatic rings. The van der Waals surface area contributed by atoms with Gasteiger partial charge in [-0.2, -0.15) is 0 Å². The van der Waals surface area contributed by atoms with Gasteiger partial charge in [-0.3, -0.25) is 4.79 Å². The molecule has 5 heteroatoms. The Labute approximate surface area is 138 Å². The topological polar surface area (TPSA) is 68.4 Å². The van der Waals surface area contributed by atoms with Crippen molar-refractivity contribution in [3.05, 3.63) is 64.4 Å². The van der Waals surface area contributed by atoms with Crippen molar-refractivity contribution in [2.75, 3.05) is 13.7 Å². The van der Waals surface area contributed by atoms with Gasteiger partial charge in [-0.15, -0.1) is 0 Å². The van der Waals surface area contributed by atoms with E-state index in [9.17, 15) is 9.59 Å². The van der Waals surface area contributed by atoms with E-state index in [2.05, 4.69) is 4.98 Å². The first-order valence-electron chi connectivity index (χ1n) is 7.62. The smallest absolute Gasteiger partial charge is 0.344 e. The lowest BCUT2D eigenvalue weighted by Crippen LogP contribution is -2.21. The maximum Gasteiger partial charge on any atom is 0.344 e. The zero-order chi connectivity index (χ0) is 17.1. The quantitative estimate of drug-likeness (QED) is 0.747. The summed E-state index contributed by atoms with van der Waals surface area (Å²) in [5.74, 6) is -0.00336. The summed E-state index contributed by atoms with van der Waals surface area (Å²) in [7, 11) is 1.56. The number of nitrogens with one attached hydrogen (secondary N) is 1. The van der Waals surface area contributed by atoms with Gasteiger partial charge in [0.05, 0.1) is 19.2 Å². The molecule has 0 saturated carbocycles. The number of fused-ring (bicyclic) bond motifs is 1. The van der Waals surface area contributed by atoms with Crippen LogP contribution in [0.3, 0.4) is 0 Å². The number of methoxy groups -OCH3 is 1. The Morgan fingerprint density at radius 1 is 1.12 bits per heavy atom.